The number of piperidine rings is 1. The van der Waals surface area contributed by atoms with Crippen LogP contribution in [0.3, 0.4) is 0 Å². The van der Waals surface area contributed by atoms with Gasteiger partial charge in [0.15, 0.2) is 0 Å². The molecule has 2 rings (SSSR count). The lowest BCUT2D eigenvalue weighted by Crippen LogP contribution is -2.41. The van der Waals surface area contributed by atoms with E-state index in [0.29, 0.717) is 17.3 Å². The molecule has 0 aromatic carbocycles. The van der Waals surface area contributed by atoms with Gasteiger partial charge < -0.3 is 10.2 Å². The van der Waals surface area contributed by atoms with Crippen LogP contribution in [0.5, 0.6) is 0 Å². The molecule has 21 heavy (non-hydrogen) atoms. The molecule has 1 unspecified atom stereocenters. The summed E-state index contributed by atoms with van der Waals surface area (Å²) < 4.78 is 0. The smallest absolute Gasteiger partial charge is 0.277 e. The zero-order chi connectivity index (χ0) is 15.4. The summed E-state index contributed by atoms with van der Waals surface area (Å²) in [6, 6.07) is 1.87. The lowest BCUT2D eigenvalue weighted by molar-refractivity contribution is -0.385. The molecule has 6 nitrogen and oxygen atoms in total. The van der Waals surface area contributed by atoms with Crippen LogP contribution in [0.4, 0.5) is 11.5 Å². The van der Waals surface area contributed by atoms with Crippen molar-refractivity contribution in [1.29, 1.82) is 0 Å². The van der Waals surface area contributed by atoms with Crippen molar-refractivity contribution in [3.05, 3.63) is 27.9 Å². The van der Waals surface area contributed by atoms with Crippen LogP contribution >= 0.6 is 0 Å². The molecule has 1 aromatic heterocycles. The highest BCUT2D eigenvalue weighted by atomic mass is 16.6. The van der Waals surface area contributed by atoms with Crippen LogP contribution in [0.25, 0.3) is 0 Å². The van der Waals surface area contributed by atoms with E-state index in [1.54, 1.807) is 19.2 Å². The van der Waals surface area contributed by atoms with E-state index >= 15 is 0 Å². The highest BCUT2D eigenvalue weighted by Crippen LogP contribution is 2.25. The molecule has 0 bridgehead atoms. The molecular weight excluding hydrogens is 268 g/mol. The van der Waals surface area contributed by atoms with E-state index in [2.05, 4.69) is 29.0 Å². The molecule has 1 fully saturated rings. The van der Waals surface area contributed by atoms with Crippen molar-refractivity contribution in [3.8, 4) is 0 Å². The van der Waals surface area contributed by atoms with E-state index in [1.807, 2.05) is 0 Å². The van der Waals surface area contributed by atoms with Gasteiger partial charge in [0.25, 0.3) is 5.69 Å². The Morgan fingerprint density at radius 2 is 2.33 bits per heavy atom. The number of hydrogen-bond acceptors (Lipinski definition) is 5. The van der Waals surface area contributed by atoms with Gasteiger partial charge in [0.2, 0.25) is 0 Å². The fourth-order valence-electron chi connectivity index (χ4n) is 2.78. The monoisotopic (exact) mass is 292 g/mol. The van der Waals surface area contributed by atoms with Gasteiger partial charge in [0.05, 0.1) is 11.0 Å². The third kappa shape index (κ3) is 3.91. The Morgan fingerprint density at radius 1 is 1.57 bits per heavy atom. The van der Waals surface area contributed by atoms with Gasteiger partial charge in [-0.3, -0.25) is 10.1 Å². The number of aromatic nitrogens is 1. The van der Waals surface area contributed by atoms with Crippen LogP contribution < -0.4 is 10.2 Å². The van der Waals surface area contributed by atoms with E-state index in [-0.39, 0.29) is 16.7 Å². The van der Waals surface area contributed by atoms with Crippen LogP contribution in [0.2, 0.25) is 0 Å². The van der Waals surface area contributed by atoms with Gasteiger partial charge >= 0.3 is 0 Å². The van der Waals surface area contributed by atoms with E-state index in [9.17, 15) is 10.1 Å². The normalized spacial score (nSPS) is 18.8. The second-order valence-electron chi connectivity index (χ2n) is 6.04. The van der Waals surface area contributed by atoms with Gasteiger partial charge in [0, 0.05) is 24.3 Å². The van der Waals surface area contributed by atoms with Gasteiger partial charge in [-0.2, -0.15) is 0 Å². The third-order valence-electron chi connectivity index (χ3n) is 4.03. The second-order valence-corrected chi connectivity index (χ2v) is 6.04. The van der Waals surface area contributed by atoms with Crippen LogP contribution in [0.1, 0.15) is 32.3 Å². The van der Waals surface area contributed by atoms with Crippen molar-refractivity contribution < 1.29 is 4.92 Å². The summed E-state index contributed by atoms with van der Waals surface area (Å²) in [5.41, 5.74) is 0.749. The molecule has 0 spiro atoms. The Balaban J connectivity index is 2.21. The maximum Gasteiger partial charge on any atom is 0.277 e. The summed E-state index contributed by atoms with van der Waals surface area (Å²) in [5, 5.41) is 14.5. The Bertz CT molecular complexity index is 498. The first-order chi connectivity index (χ1) is 9.99. The number of anilines is 1. The van der Waals surface area contributed by atoms with Crippen molar-refractivity contribution >= 4 is 11.5 Å². The Kier molecular flexibility index (Phi) is 5.12. The summed E-state index contributed by atoms with van der Waals surface area (Å²) in [6.45, 7) is 8.91. The second kappa shape index (κ2) is 6.85. The number of nitrogens with one attached hydrogen (secondary N) is 1. The number of nitro groups is 1. The molecular formula is C15H24N4O2. The molecule has 1 aliphatic heterocycles. The molecule has 0 aliphatic carbocycles. The molecule has 116 valence electrons. The Morgan fingerprint density at radius 3 is 2.90 bits per heavy atom. The number of hydrogen-bond donors (Lipinski definition) is 1. The lowest BCUT2D eigenvalue weighted by Gasteiger charge is -2.33. The average molecular weight is 292 g/mol. The molecule has 6 heteroatoms. The minimum absolute atomic E-state index is 0.146. The molecule has 0 radical (unpaired) electrons. The Labute approximate surface area is 125 Å². The van der Waals surface area contributed by atoms with Gasteiger partial charge in [-0.25, -0.2) is 4.98 Å². The first-order valence-corrected chi connectivity index (χ1v) is 7.57. The van der Waals surface area contributed by atoms with Crippen molar-refractivity contribution in [2.75, 3.05) is 24.5 Å². The molecule has 1 atom stereocenters. The Hall–Kier alpha value is -1.69. The molecule has 1 aliphatic rings. The summed E-state index contributed by atoms with van der Waals surface area (Å²) in [4.78, 5) is 17.4. The lowest BCUT2D eigenvalue weighted by atomic mass is 9.98. The molecule has 2 heterocycles. The third-order valence-corrected chi connectivity index (χ3v) is 4.03. The maximum absolute atomic E-state index is 11.1. The minimum atomic E-state index is -0.332. The zero-order valence-electron chi connectivity index (χ0n) is 13.0. The fourth-order valence-corrected chi connectivity index (χ4v) is 2.78. The summed E-state index contributed by atoms with van der Waals surface area (Å²) in [5.74, 6) is 1.27. The van der Waals surface area contributed by atoms with E-state index in [1.165, 1.54) is 12.8 Å². The average Bonchev–Trinajstić information content (AvgIpc) is 2.46. The molecule has 0 amide bonds. The number of aryl methyl sites for hydroxylation is 1. The van der Waals surface area contributed by atoms with Crippen LogP contribution in [0, 0.1) is 23.0 Å². The van der Waals surface area contributed by atoms with Crippen molar-refractivity contribution in [2.45, 2.75) is 39.7 Å². The molecule has 1 N–H and O–H groups in total. The van der Waals surface area contributed by atoms with Crippen LogP contribution in [-0.2, 0) is 0 Å². The van der Waals surface area contributed by atoms with Gasteiger partial charge in [-0.15, -0.1) is 0 Å². The SMILES string of the molecule is Cc1cnc(N(CC2CCCNC2)C(C)C)cc1[N+](=O)[O-]. The van der Waals surface area contributed by atoms with E-state index in [4.69, 9.17) is 0 Å². The quantitative estimate of drug-likeness (QED) is 0.667. The van der Waals surface area contributed by atoms with Crippen molar-refractivity contribution in [3.63, 3.8) is 0 Å². The maximum atomic E-state index is 11.1. The first-order valence-electron chi connectivity index (χ1n) is 7.57. The highest BCUT2D eigenvalue weighted by Gasteiger charge is 2.22. The number of rotatable bonds is 5. The molecule has 1 saturated heterocycles. The van der Waals surface area contributed by atoms with E-state index in [0.717, 1.165) is 19.6 Å². The first kappa shape index (κ1) is 15.7. The summed E-state index contributed by atoms with van der Waals surface area (Å²) in [7, 11) is 0. The van der Waals surface area contributed by atoms with E-state index < -0.39 is 0 Å². The topological polar surface area (TPSA) is 71.3 Å². The predicted octanol–water partition coefficient (Wildman–Crippen LogP) is 2.51. The zero-order valence-corrected chi connectivity index (χ0v) is 13.0. The summed E-state index contributed by atoms with van der Waals surface area (Å²) in [6.07, 6.45) is 3.99. The van der Waals surface area contributed by atoms with Gasteiger partial charge in [-0.05, 0) is 52.6 Å². The largest absolute Gasteiger partial charge is 0.354 e. The van der Waals surface area contributed by atoms with Gasteiger partial charge in [0.1, 0.15) is 5.82 Å². The standard InChI is InChI=1S/C15H24N4O2/c1-11(2)18(10-13-5-4-6-16-9-13)15-7-14(19(20)21)12(3)8-17-15/h7-8,11,13,16H,4-6,9-10H2,1-3H3. The van der Waals surface area contributed by atoms with Crippen LogP contribution in [-0.4, -0.2) is 35.6 Å². The van der Waals surface area contributed by atoms with Crippen LogP contribution in [0.15, 0.2) is 12.3 Å². The number of nitrogens with zero attached hydrogens (tertiary/aromatic N) is 3. The van der Waals surface area contributed by atoms with Gasteiger partial charge in [-0.1, -0.05) is 0 Å². The van der Waals surface area contributed by atoms with Crippen molar-refractivity contribution in [2.24, 2.45) is 5.92 Å². The fraction of sp³-hybridized carbons (Fsp3) is 0.667. The van der Waals surface area contributed by atoms with Crippen molar-refractivity contribution in [1.82, 2.24) is 10.3 Å². The minimum Gasteiger partial charge on any atom is -0.354 e. The highest BCUT2D eigenvalue weighted by molar-refractivity contribution is 5.51. The predicted molar refractivity (Wildman–Crippen MR) is 83.7 cm³/mol. The number of pyridine rings is 1. The molecule has 0 saturated carbocycles. The summed E-state index contributed by atoms with van der Waals surface area (Å²) >= 11 is 0. The molecule has 1 aromatic rings.